The zero-order valence-electron chi connectivity index (χ0n) is 8.35. The van der Waals surface area contributed by atoms with Crippen molar-refractivity contribution in [3.8, 4) is 0 Å². The molecular formula is C11H17S+. The lowest BCUT2D eigenvalue weighted by atomic mass is 10.1. The molecular weight excluding hydrogens is 164 g/mol. The molecule has 0 heterocycles. The lowest BCUT2D eigenvalue weighted by Gasteiger charge is -2.06. The van der Waals surface area contributed by atoms with Gasteiger partial charge in [-0.3, -0.25) is 0 Å². The van der Waals surface area contributed by atoms with E-state index in [0.29, 0.717) is 10.9 Å². The van der Waals surface area contributed by atoms with Gasteiger partial charge < -0.3 is 0 Å². The van der Waals surface area contributed by atoms with Crippen LogP contribution >= 0.6 is 0 Å². The summed E-state index contributed by atoms with van der Waals surface area (Å²) in [6.07, 6.45) is 4.60. The average molecular weight is 181 g/mol. The van der Waals surface area contributed by atoms with Crippen LogP contribution in [0.2, 0.25) is 0 Å². The third-order valence-electron chi connectivity index (χ3n) is 2.08. The lowest BCUT2D eigenvalue weighted by Crippen LogP contribution is -2.03. The Bertz CT molecular complexity index is 243. The van der Waals surface area contributed by atoms with Crippen LogP contribution in [-0.2, 0) is 16.6 Å². The monoisotopic (exact) mass is 181 g/mol. The van der Waals surface area contributed by atoms with E-state index in [2.05, 4.69) is 44.6 Å². The summed E-state index contributed by atoms with van der Waals surface area (Å²) >= 11 is 0. The van der Waals surface area contributed by atoms with Crippen molar-refractivity contribution in [1.29, 1.82) is 0 Å². The molecule has 0 aliphatic carbocycles. The van der Waals surface area contributed by atoms with Gasteiger partial charge in [-0.25, -0.2) is 0 Å². The third kappa shape index (κ3) is 2.28. The molecule has 0 fully saturated rings. The Labute approximate surface area is 78.3 Å². The molecule has 1 aromatic carbocycles. The highest BCUT2D eigenvalue weighted by atomic mass is 32.2. The first-order valence-corrected chi connectivity index (χ1v) is 6.41. The molecule has 1 aromatic rings. The summed E-state index contributed by atoms with van der Waals surface area (Å²) in [6, 6.07) is 6.54. The standard InChI is InChI=1S/C11H17S/c1-9-6-5-7-10(2)11(9)8-12(3)4/h5-7H,8H2,1-4H3/q+1. The minimum absolute atomic E-state index is 0.513. The fourth-order valence-electron chi connectivity index (χ4n) is 1.37. The topological polar surface area (TPSA) is 0 Å². The summed E-state index contributed by atoms with van der Waals surface area (Å²) in [5.74, 6) is 1.23. The Morgan fingerprint density at radius 1 is 1.08 bits per heavy atom. The van der Waals surface area contributed by atoms with Gasteiger partial charge in [0.05, 0.1) is 12.5 Å². The summed E-state index contributed by atoms with van der Waals surface area (Å²) < 4.78 is 0. The molecule has 1 heteroatoms. The van der Waals surface area contributed by atoms with Gasteiger partial charge in [-0.2, -0.15) is 0 Å². The Morgan fingerprint density at radius 3 is 2.00 bits per heavy atom. The van der Waals surface area contributed by atoms with Crippen LogP contribution < -0.4 is 0 Å². The molecule has 1 rings (SSSR count). The van der Waals surface area contributed by atoms with Gasteiger partial charge in [-0.15, -0.1) is 0 Å². The molecule has 0 bridgehead atoms. The second-order valence-corrected chi connectivity index (χ2v) is 5.76. The minimum Gasteiger partial charge on any atom is -0.0617 e. The summed E-state index contributed by atoms with van der Waals surface area (Å²) in [4.78, 5) is 0. The smallest absolute Gasteiger partial charge is 0.0617 e. The Hall–Kier alpha value is -0.430. The van der Waals surface area contributed by atoms with E-state index in [0.717, 1.165) is 0 Å². The van der Waals surface area contributed by atoms with Crippen LogP contribution in [-0.4, -0.2) is 12.5 Å². The van der Waals surface area contributed by atoms with Crippen molar-refractivity contribution in [2.24, 2.45) is 0 Å². The van der Waals surface area contributed by atoms with Crippen molar-refractivity contribution in [2.45, 2.75) is 19.6 Å². The molecule has 0 aromatic heterocycles. The Balaban J connectivity index is 2.96. The van der Waals surface area contributed by atoms with Gasteiger partial charge in [0.1, 0.15) is 5.75 Å². The van der Waals surface area contributed by atoms with Gasteiger partial charge in [0.2, 0.25) is 0 Å². The molecule has 0 saturated carbocycles. The quantitative estimate of drug-likeness (QED) is 0.615. The van der Waals surface area contributed by atoms with Crippen LogP contribution in [0, 0.1) is 13.8 Å². The predicted molar refractivity (Wildman–Crippen MR) is 58.8 cm³/mol. The van der Waals surface area contributed by atoms with E-state index < -0.39 is 0 Å². The van der Waals surface area contributed by atoms with Crippen molar-refractivity contribution in [2.75, 3.05) is 12.5 Å². The van der Waals surface area contributed by atoms with Crippen LogP contribution in [0.25, 0.3) is 0 Å². The largest absolute Gasteiger partial charge is 0.133 e. The van der Waals surface area contributed by atoms with Gasteiger partial charge in [-0.1, -0.05) is 18.2 Å². The maximum atomic E-state index is 2.30. The van der Waals surface area contributed by atoms with Crippen molar-refractivity contribution >= 4 is 10.9 Å². The summed E-state index contributed by atoms with van der Waals surface area (Å²) in [6.45, 7) is 4.41. The van der Waals surface area contributed by atoms with E-state index in [4.69, 9.17) is 0 Å². The predicted octanol–water partition coefficient (Wildman–Crippen LogP) is 2.68. The van der Waals surface area contributed by atoms with E-state index in [1.807, 2.05) is 0 Å². The first-order valence-electron chi connectivity index (χ1n) is 4.20. The molecule has 12 heavy (non-hydrogen) atoms. The van der Waals surface area contributed by atoms with E-state index in [1.165, 1.54) is 16.9 Å². The molecule has 0 spiro atoms. The minimum atomic E-state index is 0.513. The molecule has 0 N–H and O–H groups in total. The van der Waals surface area contributed by atoms with Crippen LogP contribution in [0.15, 0.2) is 18.2 Å². The SMILES string of the molecule is Cc1cccc(C)c1C[S+](C)C. The molecule has 0 saturated heterocycles. The normalized spacial score (nSPS) is 10.8. The first kappa shape index (κ1) is 9.66. The van der Waals surface area contributed by atoms with Crippen LogP contribution in [0.4, 0.5) is 0 Å². The van der Waals surface area contributed by atoms with Gasteiger partial charge in [0, 0.05) is 5.56 Å². The Kier molecular flexibility index (Phi) is 3.21. The number of benzene rings is 1. The average Bonchev–Trinajstić information content (AvgIpc) is 1.97. The maximum Gasteiger partial charge on any atom is 0.133 e. The number of rotatable bonds is 2. The fourth-order valence-corrected chi connectivity index (χ4v) is 2.40. The molecule has 66 valence electrons. The zero-order chi connectivity index (χ0) is 9.14. The van der Waals surface area contributed by atoms with Crippen LogP contribution in [0.1, 0.15) is 16.7 Å². The van der Waals surface area contributed by atoms with Crippen molar-refractivity contribution < 1.29 is 0 Å². The molecule has 0 aliphatic heterocycles. The highest BCUT2D eigenvalue weighted by molar-refractivity contribution is 7.94. The molecule has 0 atom stereocenters. The van der Waals surface area contributed by atoms with Crippen LogP contribution in [0.5, 0.6) is 0 Å². The fraction of sp³-hybridized carbons (Fsp3) is 0.455. The summed E-state index contributed by atoms with van der Waals surface area (Å²) in [5.41, 5.74) is 4.43. The van der Waals surface area contributed by atoms with Crippen molar-refractivity contribution in [3.05, 3.63) is 34.9 Å². The maximum absolute atomic E-state index is 2.30. The number of hydrogen-bond acceptors (Lipinski definition) is 0. The summed E-state index contributed by atoms with van der Waals surface area (Å²) in [5, 5.41) is 0. The second-order valence-electron chi connectivity index (χ2n) is 3.50. The van der Waals surface area contributed by atoms with E-state index in [-0.39, 0.29) is 0 Å². The Morgan fingerprint density at radius 2 is 1.58 bits per heavy atom. The van der Waals surface area contributed by atoms with E-state index in [1.54, 1.807) is 5.56 Å². The molecule has 0 radical (unpaired) electrons. The van der Waals surface area contributed by atoms with Gasteiger partial charge in [0.25, 0.3) is 0 Å². The second kappa shape index (κ2) is 3.99. The third-order valence-corrected chi connectivity index (χ3v) is 2.94. The summed E-state index contributed by atoms with van der Waals surface area (Å²) in [7, 11) is 0.513. The lowest BCUT2D eigenvalue weighted by molar-refractivity contribution is 1.24. The highest BCUT2D eigenvalue weighted by Gasteiger charge is 2.09. The van der Waals surface area contributed by atoms with Crippen molar-refractivity contribution in [3.63, 3.8) is 0 Å². The highest BCUT2D eigenvalue weighted by Crippen LogP contribution is 2.15. The van der Waals surface area contributed by atoms with Gasteiger partial charge >= 0.3 is 0 Å². The molecule has 0 aliphatic rings. The van der Waals surface area contributed by atoms with E-state index in [9.17, 15) is 0 Å². The number of hydrogen-bond donors (Lipinski definition) is 0. The molecule has 0 nitrogen and oxygen atoms in total. The first-order chi connectivity index (χ1) is 5.61. The van der Waals surface area contributed by atoms with Crippen molar-refractivity contribution in [1.82, 2.24) is 0 Å². The molecule has 0 amide bonds. The van der Waals surface area contributed by atoms with Gasteiger partial charge in [0.15, 0.2) is 0 Å². The van der Waals surface area contributed by atoms with Gasteiger partial charge in [-0.05, 0) is 35.9 Å². The van der Waals surface area contributed by atoms with E-state index >= 15 is 0 Å². The number of aryl methyl sites for hydroxylation is 2. The van der Waals surface area contributed by atoms with Crippen LogP contribution in [0.3, 0.4) is 0 Å². The zero-order valence-corrected chi connectivity index (χ0v) is 9.16. The molecule has 0 unspecified atom stereocenters.